The predicted octanol–water partition coefficient (Wildman–Crippen LogP) is 2.93. The minimum Gasteiger partial charge on any atom is -0.462 e. The Balaban J connectivity index is 1.89. The van der Waals surface area contributed by atoms with Gasteiger partial charge in [0.1, 0.15) is 10.6 Å². The molecule has 2 aromatic carbocycles. The van der Waals surface area contributed by atoms with E-state index >= 15 is 0 Å². The average Bonchev–Trinajstić information content (AvgIpc) is 3.19. The average molecular weight is 461 g/mol. The zero-order valence-electron chi connectivity index (χ0n) is 17.7. The standard InChI is InChI=1S/C22H23NO8S/c1-3-29-21(25)15-12-16(22(26)30-4-2)14-18(13-15)31-32(27,28)19-9-7-17(8-10-19)23-11-5-6-20(23)24/h7-10,12-14H,3-6,11H2,1-2H3. The Kier molecular flexibility index (Phi) is 7.14. The first-order valence-electron chi connectivity index (χ1n) is 10.1. The van der Waals surface area contributed by atoms with Gasteiger partial charge in [0.25, 0.3) is 0 Å². The minimum absolute atomic E-state index is 0.0147. The predicted molar refractivity (Wildman–Crippen MR) is 114 cm³/mol. The summed E-state index contributed by atoms with van der Waals surface area (Å²) < 4.78 is 40.6. The van der Waals surface area contributed by atoms with Crippen LogP contribution in [0.1, 0.15) is 47.4 Å². The van der Waals surface area contributed by atoms with Crippen LogP contribution in [0.25, 0.3) is 0 Å². The van der Waals surface area contributed by atoms with Gasteiger partial charge in [0.2, 0.25) is 5.91 Å². The molecule has 1 aliphatic rings. The van der Waals surface area contributed by atoms with E-state index in [1.807, 2.05) is 0 Å². The van der Waals surface area contributed by atoms with Crippen molar-refractivity contribution in [3.63, 3.8) is 0 Å². The van der Waals surface area contributed by atoms with Gasteiger partial charge in [-0.2, -0.15) is 8.42 Å². The number of hydrogen-bond acceptors (Lipinski definition) is 8. The van der Waals surface area contributed by atoms with Crippen LogP contribution in [0, 0.1) is 0 Å². The molecule has 170 valence electrons. The van der Waals surface area contributed by atoms with Crippen LogP contribution < -0.4 is 9.08 Å². The van der Waals surface area contributed by atoms with Gasteiger partial charge in [0.15, 0.2) is 0 Å². The Labute approximate surface area is 186 Å². The lowest BCUT2D eigenvalue weighted by Crippen LogP contribution is -2.23. The monoisotopic (exact) mass is 461 g/mol. The molecule has 3 rings (SSSR count). The van der Waals surface area contributed by atoms with Gasteiger partial charge in [-0.25, -0.2) is 9.59 Å². The number of nitrogens with zero attached hydrogens (tertiary/aromatic N) is 1. The number of carbonyl (C=O) groups is 3. The van der Waals surface area contributed by atoms with Crippen LogP contribution in [0.2, 0.25) is 0 Å². The molecule has 1 amide bonds. The summed E-state index contributed by atoms with van der Waals surface area (Å²) in [5, 5.41) is 0. The first kappa shape index (κ1) is 23.3. The lowest BCUT2D eigenvalue weighted by molar-refractivity contribution is -0.117. The molecule has 0 aliphatic carbocycles. The van der Waals surface area contributed by atoms with Crippen LogP contribution >= 0.6 is 0 Å². The molecule has 2 aromatic rings. The maximum Gasteiger partial charge on any atom is 0.339 e. The zero-order valence-corrected chi connectivity index (χ0v) is 18.5. The SMILES string of the molecule is CCOC(=O)c1cc(OS(=O)(=O)c2ccc(N3CCCC3=O)cc2)cc(C(=O)OCC)c1. The van der Waals surface area contributed by atoms with Crippen LogP contribution in [0.4, 0.5) is 5.69 Å². The van der Waals surface area contributed by atoms with Crippen LogP contribution in [-0.4, -0.2) is 46.0 Å². The fourth-order valence-corrected chi connectivity index (χ4v) is 4.12. The van der Waals surface area contributed by atoms with E-state index in [1.54, 1.807) is 18.7 Å². The summed E-state index contributed by atoms with van der Waals surface area (Å²) in [6, 6.07) is 9.31. The molecule has 0 spiro atoms. The van der Waals surface area contributed by atoms with E-state index in [4.69, 9.17) is 13.7 Å². The first-order valence-corrected chi connectivity index (χ1v) is 11.5. The molecule has 9 nitrogen and oxygen atoms in total. The van der Waals surface area contributed by atoms with Gasteiger partial charge in [-0.3, -0.25) is 4.79 Å². The van der Waals surface area contributed by atoms with Crippen molar-refractivity contribution in [1.29, 1.82) is 0 Å². The summed E-state index contributed by atoms with van der Waals surface area (Å²) in [7, 11) is -4.28. The molecule has 0 atom stereocenters. The molecule has 1 fully saturated rings. The Morgan fingerprint density at radius 2 is 1.50 bits per heavy atom. The number of hydrogen-bond donors (Lipinski definition) is 0. The number of benzene rings is 2. The lowest BCUT2D eigenvalue weighted by atomic mass is 10.1. The van der Waals surface area contributed by atoms with Gasteiger partial charge < -0.3 is 18.6 Å². The Hall–Kier alpha value is -3.40. The minimum atomic E-state index is -4.28. The molecular formula is C22H23NO8S. The van der Waals surface area contributed by atoms with Crippen LogP contribution in [-0.2, 0) is 24.4 Å². The van der Waals surface area contributed by atoms with E-state index in [0.29, 0.717) is 18.7 Å². The smallest absolute Gasteiger partial charge is 0.339 e. The topological polar surface area (TPSA) is 116 Å². The second-order valence-electron chi connectivity index (χ2n) is 6.87. The highest BCUT2D eigenvalue weighted by atomic mass is 32.2. The van der Waals surface area contributed by atoms with Crippen molar-refractivity contribution in [2.75, 3.05) is 24.7 Å². The Morgan fingerprint density at radius 1 is 0.938 bits per heavy atom. The van der Waals surface area contributed by atoms with E-state index in [1.165, 1.54) is 42.5 Å². The lowest BCUT2D eigenvalue weighted by Gasteiger charge is -2.16. The Morgan fingerprint density at radius 3 is 1.97 bits per heavy atom. The van der Waals surface area contributed by atoms with Crippen molar-refractivity contribution >= 4 is 33.7 Å². The molecule has 10 heteroatoms. The van der Waals surface area contributed by atoms with Gasteiger partial charge in [-0.15, -0.1) is 0 Å². The molecule has 1 saturated heterocycles. The van der Waals surface area contributed by atoms with Gasteiger partial charge in [-0.05, 0) is 62.7 Å². The number of esters is 2. The number of anilines is 1. The van der Waals surface area contributed by atoms with Crippen LogP contribution in [0.5, 0.6) is 5.75 Å². The maximum absolute atomic E-state index is 12.8. The van der Waals surface area contributed by atoms with Crippen molar-refractivity contribution in [2.45, 2.75) is 31.6 Å². The van der Waals surface area contributed by atoms with E-state index in [9.17, 15) is 22.8 Å². The van der Waals surface area contributed by atoms with E-state index < -0.39 is 22.1 Å². The van der Waals surface area contributed by atoms with E-state index in [2.05, 4.69) is 0 Å². The summed E-state index contributed by atoms with van der Waals surface area (Å²) in [4.78, 5) is 37.6. The third-order valence-electron chi connectivity index (χ3n) is 4.65. The van der Waals surface area contributed by atoms with Crippen molar-refractivity contribution in [3.05, 3.63) is 53.6 Å². The van der Waals surface area contributed by atoms with Gasteiger partial charge in [0.05, 0.1) is 24.3 Å². The highest BCUT2D eigenvalue weighted by Crippen LogP contribution is 2.26. The highest BCUT2D eigenvalue weighted by Gasteiger charge is 2.24. The van der Waals surface area contributed by atoms with Crippen LogP contribution in [0.3, 0.4) is 0 Å². The van der Waals surface area contributed by atoms with Crippen molar-refractivity contribution in [3.8, 4) is 5.75 Å². The summed E-state index contributed by atoms with van der Waals surface area (Å²) in [6.07, 6.45) is 1.21. The quantitative estimate of drug-likeness (QED) is 0.435. The molecule has 0 radical (unpaired) electrons. The fourth-order valence-electron chi connectivity index (χ4n) is 3.20. The summed E-state index contributed by atoms with van der Waals surface area (Å²) >= 11 is 0. The second kappa shape index (κ2) is 9.82. The van der Waals surface area contributed by atoms with Gasteiger partial charge >= 0.3 is 22.1 Å². The third-order valence-corrected chi connectivity index (χ3v) is 5.91. The van der Waals surface area contributed by atoms with Crippen molar-refractivity contribution in [1.82, 2.24) is 0 Å². The van der Waals surface area contributed by atoms with E-state index in [0.717, 1.165) is 6.42 Å². The summed E-state index contributed by atoms with van der Waals surface area (Å²) in [6.45, 7) is 4.02. The largest absolute Gasteiger partial charge is 0.462 e. The molecule has 0 bridgehead atoms. The second-order valence-corrected chi connectivity index (χ2v) is 8.41. The molecule has 0 unspecified atom stereocenters. The third kappa shape index (κ3) is 5.25. The van der Waals surface area contributed by atoms with Crippen molar-refractivity contribution in [2.24, 2.45) is 0 Å². The molecule has 32 heavy (non-hydrogen) atoms. The zero-order chi connectivity index (χ0) is 23.3. The molecule has 0 saturated carbocycles. The molecule has 1 aliphatic heterocycles. The summed E-state index contributed by atoms with van der Waals surface area (Å²) in [5.41, 5.74) is 0.497. The summed E-state index contributed by atoms with van der Waals surface area (Å²) in [5.74, 6) is -1.72. The first-order chi connectivity index (χ1) is 15.2. The van der Waals surface area contributed by atoms with Gasteiger partial charge in [-0.1, -0.05) is 0 Å². The van der Waals surface area contributed by atoms with Crippen molar-refractivity contribution < 1.29 is 36.5 Å². The maximum atomic E-state index is 12.8. The molecule has 0 N–H and O–H groups in total. The normalized spacial score (nSPS) is 13.7. The fraction of sp³-hybridized carbons (Fsp3) is 0.318. The number of carbonyl (C=O) groups excluding carboxylic acids is 3. The van der Waals surface area contributed by atoms with Gasteiger partial charge in [0, 0.05) is 18.7 Å². The Bertz CT molecular complexity index is 1090. The molecule has 0 aromatic heterocycles. The number of ether oxygens (including phenoxy) is 2. The highest BCUT2D eigenvalue weighted by molar-refractivity contribution is 7.87. The van der Waals surface area contributed by atoms with E-state index in [-0.39, 0.29) is 40.9 Å². The van der Waals surface area contributed by atoms with Crippen LogP contribution in [0.15, 0.2) is 47.4 Å². The molecular weight excluding hydrogens is 438 g/mol. The number of rotatable bonds is 8. The molecule has 1 heterocycles. The number of amides is 1.